The molecule has 0 radical (unpaired) electrons. The first-order valence-corrected chi connectivity index (χ1v) is 8.64. The van der Waals surface area contributed by atoms with Crippen LogP contribution in [-0.2, 0) is 22.4 Å². The molecule has 1 aliphatic rings. The van der Waals surface area contributed by atoms with Gasteiger partial charge < -0.3 is 10.1 Å². The second kappa shape index (κ2) is 7.02. The van der Waals surface area contributed by atoms with E-state index in [1.165, 1.54) is 46.9 Å². The van der Waals surface area contributed by atoms with Gasteiger partial charge in [-0.2, -0.15) is 0 Å². The molecule has 1 aromatic heterocycles. The van der Waals surface area contributed by atoms with Crippen LogP contribution in [0.15, 0.2) is 30.3 Å². The molecule has 1 aromatic carbocycles. The highest BCUT2D eigenvalue weighted by Crippen LogP contribution is 2.31. The highest BCUT2D eigenvalue weighted by molar-refractivity contribution is 7.14. The number of carbonyl (C=O) groups excluding carboxylic acids is 2. The Morgan fingerprint density at radius 2 is 2.08 bits per heavy atom. The number of esters is 1. The fourth-order valence-electron chi connectivity index (χ4n) is 2.67. The van der Waals surface area contributed by atoms with Gasteiger partial charge in [0.05, 0.1) is 4.92 Å². The Morgan fingerprint density at radius 3 is 2.80 bits per heavy atom. The lowest BCUT2D eigenvalue weighted by molar-refractivity contribution is -0.383. The average Bonchev–Trinajstić information content (AvgIpc) is 3.16. The van der Waals surface area contributed by atoms with Crippen molar-refractivity contribution in [2.45, 2.75) is 32.3 Å². The van der Waals surface area contributed by atoms with Crippen LogP contribution >= 0.6 is 11.3 Å². The maximum Gasteiger partial charge on any atom is 0.349 e. The van der Waals surface area contributed by atoms with Gasteiger partial charge in [0.25, 0.3) is 11.6 Å². The molecule has 1 aliphatic carbocycles. The summed E-state index contributed by atoms with van der Waals surface area (Å²) in [5, 5.41) is 13.4. The number of nitro benzene ring substituents is 1. The van der Waals surface area contributed by atoms with Crippen LogP contribution in [-0.4, -0.2) is 22.9 Å². The van der Waals surface area contributed by atoms with Crippen molar-refractivity contribution >= 4 is 34.6 Å². The number of nitro groups is 1. The number of benzene rings is 1. The Balaban J connectivity index is 1.64. The molecule has 0 bridgehead atoms. The Morgan fingerprint density at radius 1 is 1.32 bits per heavy atom. The largest absolute Gasteiger partial charge is 0.448 e. The van der Waals surface area contributed by atoms with E-state index in [1.807, 2.05) is 6.07 Å². The van der Waals surface area contributed by atoms with E-state index < -0.39 is 22.9 Å². The van der Waals surface area contributed by atoms with Gasteiger partial charge in [-0.05, 0) is 43.9 Å². The van der Waals surface area contributed by atoms with Gasteiger partial charge in [-0.15, -0.1) is 11.3 Å². The topological polar surface area (TPSA) is 98.5 Å². The maximum absolute atomic E-state index is 12.2. The van der Waals surface area contributed by atoms with Crippen molar-refractivity contribution in [2.24, 2.45) is 0 Å². The fraction of sp³-hybridized carbons (Fsp3) is 0.294. The van der Waals surface area contributed by atoms with Crippen molar-refractivity contribution < 1.29 is 19.2 Å². The second-order valence-corrected chi connectivity index (χ2v) is 6.86. The number of rotatable bonds is 5. The lowest BCUT2D eigenvalue weighted by atomic mass is 10.2. The Bertz CT molecular complexity index is 824. The van der Waals surface area contributed by atoms with Crippen LogP contribution in [0.1, 0.15) is 33.5 Å². The molecule has 1 amide bonds. The smallest absolute Gasteiger partial charge is 0.349 e. The number of amides is 1. The number of hydrogen-bond acceptors (Lipinski definition) is 6. The summed E-state index contributed by atoms with van der Waals surface area (Å²) in [6.07, 6.45) is 1.98. The molecule has 25 heavy (non-hydrogen) atoms. The number of ether oxygens (including phenoxy) is 1. The minimum absolute atomic E-state index is 0.0653. The van der Waals surface area contributed by atoms with E-state index in [9.17, 15) is 19.7 Å². The highest BCUT2D eigenvalue weighted by Gasteiger charge is 2.24. The molecule has 0 unspecified atom stereocenters. The SMILES string of the molecule is C[C@@H](OC(=O)c1cc2c(s1)CCC2)C(=O)Nc1ccccc1[N+](=O)[O-]. The molecule has 7 nitrogen and oxygen atoms in total. The second-order valence-electron chi connectivity index (χ2n) is 5.72. The van der Waals surface area contributed by atoms with E-state index in [4.69, 9.17) is 4.74 Å². The van der Waals surface area contributed by atoms with Gasteiger partial charge in [0.2, 0.25) is 0 Å². The molecule has 0 saturated heterocycles. The Labute approximate surface area is 147 Å². The van der Waals surface area contributed by atoms with Crippen molar-refractivity contribution in [3.63, 3.8) is 0 Å². The number of aryl methyl sites for hydroxylation is 2. The van der Waals surface area contributed by atoms with E-state index in [0.29, 0.717) is 4.88 Å². The first-order chi connectivity index (χ1) is 12.0. The van der Waals surface area contributed by atoms with E-state index in [0.717, 1.165) is 19.3 Å². The molecule has 0 aliphatic heterocycles. The summed E-state index contributed by atoms with van der Waals surface area (Å²) in [4.78, 5) is 36.4. The van der Waals surface area contributed by atoms with E-state index >= 15 is 0 Å². The standard InChI is InChI=1S/C17H16N2O5S/c1-10(16(20)18-12-6-2-3-7-13(12)19(22)23)24-17(21)15-9-11-5-4-8-14(11)25-15/h2-3,6-7,9-10H,4-5,8H2,1H3,(H,18,20)/t10-/m1/s1. The molecular weight excluding hydrogens is 344 g/mol. The van der Waals surface area contributed by atoms with Crippen LogP contribution in [0, 0.1) is 10.1 Å². The predicted molar refractivity (Wildman–Crippen MR) is 92.9 cm³/mol. The Hall–Kier alpha value is -2.74. The van der Waals surface area contributed by atoms with Crippen molar-refractivity contribution in [1.29, 1.82) is 0 Å². The third-order valence-electron chi connectivity index (χ3n) is 3.96. The van der Waals surface area contributed by atoms with Gasteiger partial charge in [-0.1, -0.05) is 12.1 Å². The average molecular weight is 360 g/mol. The lowest BCUT2D eigenvalue weighted by Gasteiger charge is -2.13. The van der Waals surface area contributed by atoms with E-state index in [-0.39, 0.29) is 11.4 Å². The zero-order valence-corrected chi connectivity index (χ0v) is 14.3. The number of anilines is 1. The number of thiophene rings is 1. The van der Waals surface area contributed by atoms with Gasteiger partial charge in [-0.25, -0.2) is 4.79 Å². The summed E-state index contributed by atoms with van der Waals surface area (Å²) in [5.74, 6) is -1.17. The van der Waals surface area contributed by atoms with Crippen LogP contribution in [0.3, 0.4) is 0 Å². The molecule has 1 atom stereocenters. The number of para-hydroxylation sites is 2. The van der Waals surface area contributed by atoms with Crippen molar-refractivity contribution in [2.75, 3.05) is 5.32 Å². The van der Waals surface area contributed by atoms with Gasteiger partial charge in [0.1, 0.15) is 10.6 Å². The molecule has 3 rings (SSSR count). The van der Waals surface area contributed by atoms with Crippen LogP contribution in [0.5, 0.6) is 0 Å². The van der Waals surface area contributed by atoms with Crippen LogP contribution < -0.4 is 5.32 Å². The molecule has 0 spiro atoms. The number of carbonyl (C=O) groups is 2. The summed E-state index contributed by atoms with van der Waals surface area (Å²) in [5.41, 5.74) is 1.02. The van der Waals surface area contributed by atoms with E-state index in [1.54, 1.807) is 6.07 Å². The molecule has 130 valence electrons. The van der Waals surface area contributed by atoms with Crippen molar-refractivity contribution in [3.05, 3.63) is 55.8 Å². The minimum Gasteiger partial charge on any atom is -0.448 e. The third-order valence-corrected chi connectivity index (χ3v) is 5.18. The normalized spacial score (nSPS) is 13.8. The summed E-state index contributed by atoms with van der Waals surface area (Å²) < 4.78 is 5.20. The predicted octanol–water partition coefficient (Wildman–Crippen LogP) is 3.33. The van der Waals surface area contributed by atoms with Crippen molar-refractivity contribution in [1.82, 2.24) is 0 Å². The first kappa shape index (κ1) is 17.1. The van der Waals surface area contributed by atoms with Crippen molar-refractivity contribution in [3.8, 4) is 0 Å². The molecule has 2 aromatic rings. The maximum atomic E-state index is 12.2. The molecule has 0 fully saturated rings. The molecule has 0 saturated carbocycles. The minimum atomic E-state index is -1.07. The van der Waals surface area contributed by atoms with E-state index in [2.05, 4.69) is 5.32 Å². The van der Waals surface area contributed by atoms with Gasteiger partial charge in [0.15, 0.2) is 6.10 Å². The summed E-state index contributed by atoms with van der Waals surface area (Å²) in [6, 6.07) is 7.62. The zero-order valence-electron chi connectivity index (χ0n) is 13.5. The molecular formula is C17H16N2O5S. The zero-order chi connectivity index (χ0) is 18.0. The Kier molecular flexibility index (Phi) is 4.80. The number of hydrogen-bond donors (Lipinski definition) is 1. The number of nitrogens with zero attached hydrogens (tertiary/aromatic N) is 1. The van der Waals surface area contributed by atoms with Gasteiger partial charge in [0, 0.05) is 10.9 Å². The number of fused-ring (bicyclic) bond motifs is 1. The third kappa shape index (κ3) is 3.69. The molecule has 1 heterocycles. The molecule has 8 heteroatoms. The fourth-order valence-corrected chi connectivity index (χ4v) is 3.81. The lowest BCUT2D eigenvalue weighted by Crippen LogP contribution is -2.30. The molecule has 1 N–H and O–H groups in total. The van der Waals surface area contributed by atoms with Gasteiger partial charge >= 0.3 is 5.97 Å². The monoisotopic (exact) mass is 360 g/mol. The summed E-state index contributed by atoms with van der Waals surface area (Å²) in [7, 11) is 0. The summed E-state index contributed by atoms with van der Waals surface area (Å²) >= 11 is 1.40. The summed E-state index contributed by atoms with van der Waals surface area (Å²) in [6.45, 7) is 1.43. The quantitative estimate of drug-likeness (QED) is 0.501. The van der Waals surface area contributed by atoms with Crippen LogP contribution in [0.25, 0.3) is 0 Å². The van der Waals surface area contributed by atoms with Crippen LogP contribution in [0.2, 0.25) is 0 Å². The number of nitrogens with one attached hydrogen (secondary N) is 1. The first-order valence-electron chi connectivity index (χ1n) is 7.82. The van der Waals surface area contributed by atoms with Gasteiger partial charge in [-0.3, -0.25) is 14.9 Å². The highest BCUT2D eigenvalue weighted by atomic mass is 32.1. The van der Waals surface area contributed by atoms with Crippen LogP contribution in [0.4, 0.5) is 11.4 Å².